The number of amides is 1. The quantitative estimate of drug-likeness (QED) is 0.0205. The van der Waals surface area contributed by atoms with Gasteiger partial charge in [-0.3, -0.25) is 18.6 Å². The van der Waals surface area contributed by atoms with E-state index in [2.05, 4.69) is 62.5 Å². The standard InChI is InChI=1S/C66H125N2O7P/c1-7-10-13-16-19-22-25-28-30-31-32-33-34-35-36-37-38-40-43-46-49-52-55-58-65(69)67-63(62-74-76(71,72)73-61-60-68(4,5)6)64(57-54-51-48-45-42-39-27-24-21-18-15-12-9-3)75-66(70)59-56-53-50-47-44-41-29-26-23-20-17-14-11-8-2/h19,22,28,30,41,44,54,57,63-64H,7-18,20-21,23-27,29,31-40,42-43,45-53,55-56,58-62H2,1-6H3,(H-,67,69,71,72)/p+1/b22-19-,30-28-,44-41-,57-54-. The number of allylic oxidation sites excluding steroid dienone is 7. The number of ether oxygens (including phenoxy) is 1. The number of esters is 1. The minimum Gasteiger partial charge on any atom is -0.456 e. The van der Waals surface area contributed by atoms with Gasteiger partial charge in [-0.2, -0.15) is 0 Å². The van der Waals surface area contributed by atoms with Gasteiger partial charge in [-0.05, 0) is 89.5 Å². The van der Waals surface area contributed by atoms with Crippen LogP contribution in [0.4, 0.5) is 0 Å². The maximum absolute atomic E-state index is 13.6. The van der Waals surface area contributed by atoms with Crippen LogP contribution < -0.4 is 5.32 Å². The molecule has 0 saturated heterocycles. The lowest BCUT2D eigenvalue weighted by Gasteiger charge is -2.27. The van der Waals surface area contributed by atoms with E-state index in [0.717, 1.165) is 77.0 Å². The second-order valence-electron chi connectivity index (χ2n) is 23.3. The molecule has 0 aromatic carbocycles. The van der Waals surface area contributed by atoms with Crippen molar-refractivity contribution in [2.24, 2.45) is 0 Å². The van der Waals surface area contributed by atoms with E-state index < -0.39 is 20.0 Å². The molecule has 0 aromatic heterocycles. The fourth-order valence-corrected chi connectivity index (χ4v) is 10.2. The van der Waals surface area contributed by atoms with Crippen molar-refractivity contribution in [1.29, 1.82) is 0 Å². The summed E-state index contributed by atoms with van der Waals surface area (Å²) in [5.74, 6) is -0.514. The smallest absolute Gasteiger partial charge is 0.456 e. The lowest BCUT2D eigenvalue weighted by Crippen LogP contribution is -2.47. The monoisotopic (exact) mass is 1090 g/mol. The van der Waals surface area contributed by atoms with Crippen LogP contribution in [0.5, 0.6) is 0 Å². The van der Waals surface area contributed by atoms with E-state index in [-0.39, 0.29) is 31.5 Å². The van der Waals surface area contributed by atoms with Crippen LogP contribution >= 0.6 is 7.82 Å². The predicted molar refractivity (Wildman–Crippen MR) is 328 cm³/mol. The van der Waals surface area contributed by atoms with Gasteiger partial charge >= 0.3 is 13.8 Å². The number of nitrogens with one attached hydrogen (secondary N) is 1. The third kappa shape index (κ3) is 56.7. The van der Waals surface area contributed by atoms with Crippen LogP contribution in [0, 0.1) is 0 Å². The fraction of sp³-hybridized carbons (Fsp3) is 0.848. The largest absolute Gasteiger partial charge is 0.472 e. The molecule has 0 radical (unpaired) electrons. The van der Waals surface area contributed by atoms with E-state index in [9.17, 15) is 19.0 Å². The van der Waals surface area contributed by atoms with Gasteiger partial charge in [-0.25, -0.2) is 4.57 Å². The van der Waals surface area contributed by atoms with Crippen LogP contribution in [0.25, 0.3) is 0 Å². The Morgan fingerprint density at radius 2 is 0.803 bits per heavy atom. The van der Waals surface area contributed by atoms with Gasteiger partial charge in [0.15, 0.2) is 0 Å². The van der Waals surface area contributed by atoms with Crippen LogP contribution in [-0.4, -0.2) is 74.3 Å². The molecular formula is C66H126N2O7P+. The number of phosphoric ester groups is 1. The molecule has 2 N–H and O–H groups in total. The van der Waals surface area contributed by atoms with E-state index in [1.54, 1.807) is 0 Å². The Balaban J connectivity index is 5.17. The SMILES string of the molecule is CCCCC/C=C\C/C=C\CCCCCCCCCCCCCCCC(=O)NC(COP(=O)(O)OCC[N+](C)(C)C)C(/C=C\CCCCCCCCCCCCC)OC(=O)CCCCC/C=C\CCCCCCCCC. The van der Waals surface area contributed by atoms with Crippen LogP contribution in [0.15, 0.2) is 48.6 Å². The van der Waals surface area contributed by atoms with Crippen LogP contribution in [0.3, 0.4) is 0 Å². The molecule has 0 aliphatic rings. The van der Waals surface area contributed by atoms with Crippen molar-refractivity contribution in [3.63, 3.8) is 0 Å². The first-order chi connectivity index (χ1) is 36.9. The van der Waals surface area contributed by atoms with Crippen LogP contribution in [-0.2, 0) is 27.9 Å². The van der Waals surface area contributed by atoms with Gasteiger partial charge in [0.25, 0.3) is 0 Å². The van der Waals surface area contributed by atoms with Crippen molar-refractivity contribution < 1.29 is 37.3 Å². The molecule has 0 bridgehead atoms. The Bertz CT molecular complexity index is 1440. The minimum atomic E-state index is -4.45. The summed E-state index contributed by atoms with van der Waals surface area (Å²) in [4.78, 5) is 37.7. The van der Waals surface area contributed by atoms with E-state index in [4.69, 9.17) is 13.8 Å². The summed E-state index contributed by atoms with van der Waals surface area (Å²) in [6.07, 6.45) is 69.7. The fourth-order valence-electron chi connectivity index (χ4n) is 9.44. The topological polar surface area (TPSA) is 111 Å². The number of nitrogens with zero attached hydrogens (tertiary/aromatic N) is 1. The molecule has 0 spiro atoms. The number of phosphoric acid groups is 1. The molecule has 10 heteroatoms. The number of hydrogen-bond donors (Lipinski definition) is 2. The van der Waals surface area contributed by atoms with Crippen molar-refractivity contribution in [1.82, 2.24) is 5.32 Å². The highest BCUT2D eigenvalue weighted by atomic mass is 31.2. The maximum Gasteiger partial charge on any atom is 0.472 e. The molecule has 9 nitrogen and oxygen atoms in total. The number of likely N-dealkylation sites (N-methyl/N-ethyl adjacent to an activating group) is 1. The van der Waals surface area contributed by atoms with Crippen molar-refractivity contribution in [2.75, 3.05) is 40.9 Å². The normalized spacial score (nSPS) is 13.9. The number of hydrogen-bond acceptors (Lipinski definition) is 6. The van der Waals surface area contributed by atoms with Gasteiger partial charge in [0.2, 0.25) is 5.91 Å². The van der Waals surface area contributed by atoms with Crippen molar-refractivity contribution in [2.45, 2.75) is 322 Å². The van der Waals surface area contributed by atoms with Gasteiger partial charge in [-0.1, -0.05) is 256 Å². The Morgan fingerprint density at radius 3 is 1.24 bits per heavy atom. The average molecular weight is 1090 g/mol. The molecular weight excluding hydrogens is 964 g/mol. The van der Waals surface area contributed by atoms with E-state index in [1.165, 1.54) is 199 Å². The third-order valence-electron chi connectivity index (χ3n) is 14.5. The summed E-state index contributed by atoms with van der Waals surface area (Å²) in [5, 5.41) is 3.06. The first kappa shape index (κ1) is 74.0. The molecule has 446 valence electrons. The average Bonchev–Trinajstić information content (AvgIpc) is 3.38. The Labute approximate surface area is 471 Å². The van der Waals surface area contributed by atoms with E-state index in [0.29, 0.717) is 17.4 Å². The Hall–Kier alpha value is -2.03. The predicted octanol–water partition coefficient (Wildman–Crippen LogP) is 20.1. The van der Waals surface area contributed by atoms with E-state index in [1.807, 2.05) is 33.3 Å². The van der Waals surface area contributed by atoms with Gasteiger partial charge in [0, 0.05) is 12.8 Å². The number of carbonyl (C=O) groups is 2. The van der Waals surface area contributed by atoms with Crippen molar-refractivity contribution >= 4 is 19.7 Å². The molecule has 0 heterocycles. The highest BCUT2D eigenvalue weighted by molar-refractivity contribution is 7.47. The van der Waals surface area contributed by atoms with Crippen molar-refractivity contribution in [3.05, 3.63) is 48.6 Å². The lowest BCUT2D eigenvalue weighted by atomic mass is 10.0. The second kappa shape index (κ2) is 56.3. The van der Waals surface area contributed by atoms with Gasteiger partial charge in [0.1, 0.15) is 19.3 Å². The number of rotatable bonds is 59. The molecule has 0 rings (SSSR count). The second-order valence-corrected chi connectivity index (χ2v) is 24.7. The summed E-state index contributed by atoms with van der Waals surface area (Å²) in [5.41, 5.74) is 0. The summed E-state index contributed by atoms with van der Waals surface area (Å²) >= 11 is 0. The van der Waals surface area contributed by atoms with Crippen LogP contribution in [0.2, 0.25) is 0 Å². The highest BCUT2D eigenvalue weighted by Crippen LogP contribution is 2.43. The maximum atomic E-state index is 13.6. The van der Waals surface area contributed by atoms with Gasteiger partial charge in [-0.15, -0.1) is 0 Å². The summed E-state index contributed by atoms with van der Waals surface area (Å²) in [7, 11) is 1.50. The molecule has 0 aliphatic carbocycles. The van der Waals surface area contributed by atoms with Gasteiger partial charge in [0.05, 0.1) is 33.8 Å². The number of carbonyl (C=O) groups excluding carboxylic acids is 2. The molecule has 0 aromatic rings. The zero-order valence-corrected chi connectivity index (χ0v) is 51.9. The molecule has 1 amide bonds. The molecule has 0 aliphatic heterocycles. The number of unbranched alkanes of at least 4 members (excludes halogenated alkanes) is 37. The summed E-state index contributed by atoms with van der Waals surface area (Å²) in [6.45, 7) is 7.00. The lowest BCUT2D eigenvalue weighted by molar-refractivity contribution is -0.870. The molecule has 3 unspecified atom stereocenters. The number of quaternary nitrogens is 1. The molecule has 0 saturated carbocycles. The molecule has 76 heavy (non-hydrogen) atoms. The highest BCUT2D eigenvalue weighted by Gasteiger charge is 2.30. The van der Waals surface area contributed by atoms with Gasteiger partial charge < -0.3 is 19.4 Å². The minimum absolute atomic E-state index is 0.0388. The zero-order valence-electron chi connectivity index (χ0n) is 51.0. The Morgan fingerprint density at radius 1 is 0.461 bits per heavy atom. The first-order valence-electron chi connectivity index (χ1n) is 32.5. The van der Waals surface area contributed by atoms with Crippen LogP contribution in [0.1, 0.15) is 310 Å². The Kier molecular flexibility index (Phi) is 54.7. The van der Waals surface area contributed by atoms with E-state index >= 15 is 0 Å². The summed E-state index contributed by atoms with van der Waals surface area (Å²) < 4.78 is 30.7. The summed E-state index contributed by atoms with van der Waals surface area (Å²) in [6, 6.07) is -0.853. The molecule has 0 fully saturated rings. The third-order valence-corrected chi connectivity index (χ3v) is 15.5. The van der Waals surface area contributed by atoms with Crippen molar-refractivity contribution in [3.8, 4) is 0 Å². The zero-order chi connectivity index (χ0) is 55.7. The first-order valence-corrected chi connectivity index (χ1v) is 34.0. The molecule has 3 atom stereocenters.